The maximum Gasteiger partial charge on any atom is 0.0459 e. The zero-order valence-electron chi connectivity index (χ0n) is 15.8. The summed E-state index contributed by atoms with van der Waals surface area (Å²) in [5.41, 5.74) is 0. The topological polar surface area (TPSA) is 20.2 Å². The molecule has 134 valence electrons. The van der Waals surface area contributed by atoms with Gasteiger partial charge in [-0.3, -0.25) is 0 Å². The van der Waals surface area contributed by atoms with Gasteiger partial charge in [0.25, 0.3) is 0 Å². The van der Waals surface area contributed by atoms with Crippen LogP contribution in [0.5, 0.6) is 0 Å². The summed E-state index contributed by atoms with van der Waals surface area (Å²) in [4.78, 5) is 0. The van der Waals surface area contributed by atoms with Crippen LogP contribution in [0.3, 0.4) is 0 Å². The molecular formula is C22H40O. The Kier molecular flexibility index (Phi) is 6.10. The van der Waals surface area contributed by atoms with E-state index in [1.54, 1.807) is 0 Å². The summed E-state index contributed by atoms with van der Waals surface area (Å²) in [6, 6.07) is 0. The molecule has 0 heterocycles. The van der Waals surface area contributed by atoms with Crippen molar-refractivity contribution in [3.8, 4) is 0 Å². The Morgan fingerprint density at radius 2 is 1.22 bits per heavy atom. The van der Waals surface area contributed by atoms with Crippen LogP contribution < -0.4 is 0 Å². The molecule has 0 amide bonds. The predicted octanol–water partition coefficient (Wildman–Crippen LogP) is 5.91. The monoisotopic (exact) mass is 320 g/mol. The van der Waals surface area contributed by atoms with Crippen molar-refractivity contribution < 1.29 is 5.11 Å². The zero-order chi connectivity index (χ0) is 16.4. The number of rotatable bonds is 3. The van der Waals surface area contributed by atoms with Crippen molar-refractivity contribution in [1.29, 1.82) is 0 Å². The van der Waals surface area contributed by atoms with Crippen LogP contribution in [-0.4, -0.2) is 11.7 Å². The van der Waals surface area contributed by atoms with Gasteiger partial charge >= 0.3 is 0 Å². The molecule has 3 rings (SSSR count). The third-order valence-electron chi connectivity index (χ3n) is 8.15. The van der Waals surface area contributed by atoms with Crippen LogP contribution in [0.2, 0.25) is 0 Å². The van der Waals surface area contributed by atoms with Crippen molar-refractivity contribution in [3.05, 3.63) is 0 Å². The summed E-state index contributed by atoms with van der Waals surface area (Å²) in [7, 11) is 0. The minimum Gasteiger partial charge on any atom is -0.396 e. The standard InChI is InChI=1S/C22H40O/c1-15-4-7-19(8-5-15)21-11-9-20(13-17(21)3)22-10-6-18(14-23)12-16(22)2/h15-23H,4-14H2,1-3H3. The highest BCUT2D eigenvalue weighted by atomic mass is 16.3. The van der Waals surface area contributed by atoms with Crippen molar-refractivity contribution in [2.75, 3.05) is 6.61 Å². The second kappa shape index (κ2) is 7.89. The average molecular weight is 321 g/mol. The highest BCUT2D eigenvalue weighted by Gasteiger charge is 2.39. The van der Waals surface area contributed by atoms with Gasteiger partial charge in [0.1, 0.15) is 0 Å². The molecule has 3 aliphatic rings. The van der Waals surface area contributed by atoms with Crippen molar-refractivity contribution >= 4 is 0 Å². The molecular weight excluding hydrogens is 280 g/mol. The largest absolute Gasteiger partial charge is 0.396 e. The van der Waals surface area contributed by atoms with Gasteiger partial charge in [0, 0.05) is 6.61 Å². The zero-order valence-corrected chi connectivity index (χ0v) is 15.8. The van der Waals surface area contributed by atoms with Crippen molar-refractivity contribution in [2.45, 2.75) is 85.0 Å². The molecule has 3 saturated carbocycles. The lowest BCUT2D eigenvalue weighted by Gasteiger charge is -2.46. The first-order valence-electron chi connectivity index (χ1n) is 10.7. The van der Waals surface area contributed by atoms with Gasteiger partial charge in [0.15, 0.2) is 0 Å². The molecule has 0 bridgehead atoms. The van der Waals surface area contributed by atoms with E-state index in [0.29, 0.717) is 12.5 Å². The fraction of sp³-hybridized carbons (Fsp3) is 1.00. The number of hydrogen-bond acceptors (Lipinski definition) is 1. The van der Waals surface area contributed by atoms with Gasteiger partial charge in [-0.25, -0.2) is 0 Å². The van der Waals surface area contributed by atoms with Gasteiger partial charge < -0.3 is 5.11 Å². The van der Waals surface area contributed by atoms with Gasteiger partial charge in [-0.05, 0) is 98.7 Å². The number of hydrogen-bond donors (Lipinski definition) is 1. The molecule has 0 aliphatic heterocycles. The molecule has 6 unspecified atom stereocenters. The van der Waals surface area contributed by atoms with Crippen molar-refractivity contribution in [2.24, 2.45) is 47.3 Å². The van der Waals surface area contributed by atoms with E-state index in [9.17, 15) is 5.11 Å². The molecule has 0 radical (unpaired) electrons. The van der Waals surface area contributed by atoms with Crippen LogP contribution in [0.1, 0.15) is 85.0 Å². The molecule has 0 spiro atoms. The van der Waals surface area contributed by atoms with Crippen LogP contribution in [-0.2, 0) is 0 Å². The summed E-state index contributed by atoms with van der Waals surface area (Å²) < 4.78 is 0. The molecule has 6 atom stereocenters. The van der Waals surface area contributed by atoms with E-state index in [0.717, 1.165) is 41.4 Å². The summed E-state index contributed by atoms with van der Waals surface area (Å²) >= 11 is 0. The van der Waals surface area contributed by atoms with Gasteiger partial charge in [-0.1, -0.05) is 33.6 Å². The Morgan fingerprint density at radius 1 is 0.652 bits per heavy atom. The predicted molar refractivity (Wildman–Crippen MR) is 98.2 cm³/mol. The maximum atomic E-state index is 9.45. The van der Waals surface area contributed by atoms with Gasteiger partial charge in [0.2, 0.25) is 0 Å². The first kappa shape index (κ1) is 17.8. The van der Waals surface area contributed by atoms with E-state index in [2.05, 4.69) is 20.8 Å². The summed E-state index contributed by atoms with van der Waals surface area (Å²) in [5, 5.41) is 9.45. The molecule has 0 saturated heterocycles. The molecule has 23 heavy (non-hydrogen) atoms. The van der Waals surface area contributed by atoms with Crippen LogP contribution in [0.25, 0.3) is 0 Å². The highest BCUT2D eigenvalue weighted by Crippen LogP contribution is 2.49. The van der Waals surface area contributed by atoms with E-state index in [-0.39, 0.29) is 0 Å². The van der Waals surface area contributed by atoms with Crippen LogP contribution in [0.4, 0.5) is 0 Å². The minimum atomic E-state index is 0.417. The molecule has 3 aliphatic carbocycles. The minimum absolute atomic E-state index is 0.417. The third-order valence-corrected chi connectivity index (χ3v) is 8.15. The van der Waals surface area contributed by atoms with E-state index >= 15 is 0 Å². The van der Waals surface area contributed by atoms with E-state index in [1.807, 2.05) is 0 Å². The second-order valence-corrected chi connectivity index (χ2v) is 9.74. The molecule has 1 heteroatoms. The molecule has 1 nitrogen and oxygen atoms in total. The Morgan fingerprint density at radius 3 is 1.83 bits per heavy atom. The lowest BCUT2D eigenvalue weighted by atomic mass is 9.60. The quantitative estimate of drug-likeness (QED) is 0.685. The summed E-state index contributed by atoms with van der Waals surface area (Å²) in [5.74, 6) is 7.39. The molecule has 1 N–H and O–H groups in total. The lowest BCUT2D eigenvalue weighted by molar-refractivity contribution is 0.0358. The van der Waals surface area contributed by atoms with E-state index < -0.39 is 0 Å². The van der Waals surface area contributed by atoms with Gasteiger partial charge in [-0.2, -0.15) is 0 Å². The SMILES string of the molecule is CC1CCC(C2CCC(C3CCC(CO)CC3C)CC2C)CC1. The maximum absolute atomic E-state index is 9.45. The molecule has 0 aromatic heterocycles. The Labute approximate surface area is 144 Å². The molecule has 0 aromatic carbocycles. The van der Waals surface area contributed by atoms with E-state index in [4.69, 9.17) is 0 Å². The van der Waals surface area contributed by atoms with E-state index in [1.165, 1.54) is 64.2 Å². The fourth-order valence-electron chi connectivity index (χ4n) is 6.66. The summed E-state index contributed by atoms with van der Waals surface area (Å²) in [6.07, 6.45) is 14.4. The van der Waals surface area contributed by atoms with Crippen molar-refractivity contribution in [3.63, 3.8) is 0 Å². The molecule has 3 fully saturated rings. The number of aliphatic hydroxyl groups is 1. The lowest BCUT2D eigenvalue weighted by Crippen LogP contribution is -2.37. The Hall–Kier alpha value is -0.0400. The first-order valence-corrected chi connectivity index (χ1v) is 10.7. The van der Waals surface area contributed by atoms with Crippen molar-refractivity contribution in [1.82, 2.24) is 0 Å². The second-order valence-electron chi connectivity index (χ2n) is 9.74. The Bertz CT molecular complexity index is 357. The fourth-order valence-corrected chi connectivity index (χ4v) is 6.66. The highest BCUT2D eigenvalue weighted by molar-refractivity contribution is 4.89. The third kappa shape index (κ3) is 4.14. The van der Waals surface area contributed by atoms with Crippen LogP contribution >= 0.6 is 0 Å². The normalized spacial score (nSPS) is 49.0. The summed E-state index contributed by atoms with van der Waals surface area (Å²) in [6.45, 7) is 7.89. The van der Waals surface area contributed by atoms with Crippen LogP contribution in [0.15, 0.2) is 0 Å². The molecule has 0 aromatic rings. The smallest absolute Gasteiger partial charge is 0.0459 e. The Balaban J connectivity index is 1.52. The van der Waals surface area contributed by atoms with Crippen LogP contribution in [0, 0.1) is 47.3 Å². The van der Waals surface area contributed by atoms with Gasteiger partial charge in [-0.15, -0.1) is 0 Å². The average Bonchev–Trinajstić information content (AvgIpc) is 2.55. The first-order chi connectivity index (χ1) is 11.1. The van der Waals surface area contributed by atoms with Gasteiger partial charge in [0.05, 0.1) is 0 Å². The number of aliphatic hydroxyl groups excluding tert-OH is 1.